The van der Waals surface area contributed by atoms with E-state index in [1.54, 1.807) is 7.11 Å². The van der Waals surface area contributed by atoms with E-state index < -0.39 is 0 Å². The van der Waals surface area contributed by atoms with Gasteiger partial charge in [0.05, 0.1) is 7.11 Å². The molecule has 0 aliphatic carbocycles. The largest absolute Gasteiger partial charge is 0.496 e. The molecule has 0 spiro atoms. The number of para-hydroxylation sites is 1. The lowest BCUT2D eigenvalue weighted by Gasteiger charge is -2.05. The molecule has 0 unspecified atom stereocenters. The smallest absolute Gasteiger partial charge is 0.122 e. The Hall–Kier alpha value is -0.980. The normalized spacial score (nSPS) is 9.64. The molecule has 1 nitrogen and oxygen atoms in total. The molecule has 0 N–H and O–H groups in total. The summed E-state index contributed by atoms with van der Waals surface area (Å²) in [7, 11) is 1.70. The number of methoxy groups -OCH3 is 1. The second-order valence-electron chi connectivity index (χ2n) is 2.35. The third kappa shape index (κ3) is 1.97. The molecule has 0 heterocycles. The van der Waals surface area contributed by atoms with Crippen molar-refractivity contribution in [3.05, 3.63) is 36.2 Å². The van der Waals surface area contributed by atoms with Crippen molar-refractivity contribution in [2.75, 3.05) is 7.11 Å². The van der Waals surface area contributed by atoms with Crippen LogP contribution in [0.15, 0.2) is 24.3 Å². The molecule has 11 heavy (non-hydrogen) atoms. The summed E-state index contributed by atoms with van der Waals surface area (Å²) in [6, 6.07) is 8.03. The van der Waals surface area contributed by atoms with Gasteiger partial charge in [-0.05, 0) is 24.5 Å². The fourth-order valence-corrected chi connectivity index (χ4v) is 1.05. The number of rotatable bonds is 3. The Balaban J connectivity index is 2.83. The van der Waals surface area contributed by atoms with Gasteiger partial charge in [-0.1, -0.05) is 25.1 Å². The Morgan fingerprint density at radius 2 is 2.09 bits per heavy atom. The molecule has 0 atom stereocenters. The van der Waals surface area contributed by atoms with E-state index in [0.29, 0.717) is 0 Å². The van der Waals surface area contributed by atoms with Crippen molar-refractivity contribution >= 4 is 0 Å². The molecule has 0 aliphatic rings. The molecule has 0 amide bonds. The maximum atomic E-state index is 5.17. The summed E-state index contributed by atoms with van der Waals surface area (Å²) in [4.78, 5) is 0. The third-order valence-corrected chi connectivity index (χ3v) is 1.56. The van der Waals surface area contributed by atoms with E-state index in [0.717, 1.165) is 12.2 Å². The van der Waals surface area contributed by atoms with Crippen molar-refractivity contribution in [2.45, 2.75) is 13.3 Å². The first-order valence-corrected chi connectivity index (χ1v) is 3.84. The number of hydrogen-bond donors (Lipinski definition) is 0. The molecule has 1 heteroatoms. The van der Waals surface area contributed by atoms with Crippen LogP contribution >= 0.6 is 0 Å². The van der Waals surface area contributed by atoms with Crippen LogP contribution < -0.4 is 4.74 Å². The highest BCUT2D eigenvalue weighted by Crippen LogP contribution is 2.19. The van der Waals surface area contributed by atoms with E-state index in [1.807, 2.05) is 18.2 Å². The monoisotopic (exact) mass is 149 g/mol. The Morgan fingerprint density at radius 1 is 1.36 bits per heavy atom. The Labute approximate surface area is 68.0 Å². The van der Waals surface area contributed by atoms with Crippen LogP contribution in [0.3, 0.4) is 0 Å². The van der Waals surface area contributed by atoms with Gasteiger partial charge in [0.2, 0.25) is 0 Å². The zero-order valence-corrected chi connectivity index (χ0v) is 7.00. The van der Waals surface area contributed by atoms with Crippen LogP contribution in [-0.2, 0) is 0 Å². The number of ether oxygens (including phenoxy) is 1. The zero-order chi connectivity index (χ0) is 8.10. The predicted molar refractivity (Wildman–Crippen MR) is 46.7 cm³/mol. The van der Waals surface area contributed by atoms with E-state index in [4.69, 9.17) is 4.74 Å². The summed E-state index contributed by atoms with van der Waals surface area (Å²) < 4.78 is 5.17. The minimum absolute atomic E-state index is 0.953. The average molecular weight is 149 g/mol. The van der Waals surface area contributed by atoms with Crippen LogP contribution in [0, 0.1) is 6.42 Å². The third-order valence-electron chi connectivity index (χ3n) is 1.56. The van der Waals surface area contributed by atoms with Gasteiger partial charge in [-0.2, -0.15) is 0 Å². The van der Waals surface area contributed by atoms with Gasteiger partial charge < -0.3 is 4.74 Å². The van der Waals surface area contributed by atoms with Crippen LogP contribution in [0.4, 0.5) is 0 Å². The van der Waals surface area contributed by atoms with Crippen molar-refractivity contribution in [3.8, 4) is 5.75 Å². The van der Waals surface area contributed by atoms with E-state index in [9.17, 15) is 0 Å². The molecule has 0 bridgehead atoms. The number of benzene rings is 1. The molecule has 1 rings (SSSR count). The zero-order valence-electron chi connectivity index (χ0n) is 7.00. The van der Waals surface area contributed by atoms with Gasteiger partial charge in [-0.25, -0.2) is 0 Å². The molecular weight excluding hydrogens is 136 g/mol. The first-order chi connectivity index (χ1) is 5.38. The summed E-state index contributed by atoms with van der Waals surface area (Å²) in [5.41, 5.74) is 1.18. The van der Waals surface area contributed by atoms with Gasteiger partial charge in [0, 0.05) is 0 Å². The lowest BCUT2D eigenvalue weighted by atomic mass is 10.1. The minimum Gasteiger partial charge on any atom is -0.496 e. The van der Waals surface area contributed by atoms with Gasteiger partial charge in [0.25, 0.3) is 0 Å². The molecule has 0 saturated heterocycles. The predicted octanol–water partition coefficient (Wildman–Crippen LogP) is 2.66. The summed E-state index contributed by atoms with van der Waals surface area (Å²) in [6.07, 6.45) is 3.19. The second-order valence-corrected chi connectivity index (χ2v) is 2.35. The van der Waals surface area contributed by atoms with Gasteiger partial charge in [-0.15, -0.1) is 0 Å². The topological polar surface area (TPSA) is 9.23 Å². The van der Waals surface area contributed by atoms with Gasteiger partial charge in [0.15, 0.2) is 0 Å². The van der Waals surface area contributed by atoms with E-state index in [2.05, 4.69) is 19.4 Å². The summed E-state index contributed by atoms with van der Waals surface area (Å²) >= 11 is 0. The van der Waals surface area contributed by atoms with Crippen molar-refractivity contribution < 1.29 is 4.74 Å². The molecule has 1 aromatic rings. The van der Waals surface area contributed by atoms with E-state index >= 15 is 0 Å². The minimum atomic E-state index is 0.953. The standard InChI is InChI=1S/C10H13O/c1-3-6-9-7-4-5-8-10(9)11-2/h4-8H,3H2,1-2H3. The van der Waals surface area contributed by atoms with Crippen molar-refractivity contribution in [1.82, 2.24) is 0 Å². The van der Waals surface area contributed by atoms with Crippen LogP contribution in [0.2, 0.25) is 0 Å². The van der Waals surface area contributed by atoms with Gasteiger partial charge in [-0.3, -0.25) is 0 Å². The maximum Gasteiger partial charge on any atom is 0.122 e. The SMILES string of the molecule is CC[CH]c1ccccc1OC. The van der Waals surface area contributed by atoms with Gasteiger partial charge in [0.1, 0.15) is 5.75 Å². The maximum absolute atomic E-state index is 5.17. The fraction of sp³-hybridized carbons (Fsp3) is 0.300. The van der Waals surface area contributed by atoms with E-state index in [1.165, 1.54) is 5.56 Å². The first kappa shape index (κ1) is 8.12. The summed E-state index contributed by atoms with van der Waals surface area (Å²) in [5, 5.41) is 0. The highest BCUT2D eigenvalue weighted by Gasteiger charge is 1.98. The van der Waals surface area contributed by atoms with Crippen molar-refractivity contribution in [3.63, 3.8) is 0 Å². The molecule has 0 aromatic heterocycles. The Morgan fingerprint density at radius 3 is 2.73 bits per heavy atom. The lowest BCUT2D eigenvalue weighted by molar-refractivity contribution is 0.412. The Bertz CT molecular complexity index is 218. The van der Waals surface area contributed by atoms with E-state index in [-0.39, 0.29) is 0 Å². The molecule has 0 aliphatic heterocycles. The van der Waals surface area contributed by atoms with Crippen LogP contribution in [-0.4, -0.2) is 7.11 Å². The van der Waals surface area contributed by atoms with Crippen LogP contribution in [0.1, 0.15) is 18.9 Å². The molecule has 0 saturated carbocycles. The number of hydrogen-bond acceptors (Lipinski definition) is 1. The summed E-state index contributed by atoms with van der Waals surface area (Å²) in [5.74, 6) is 0.953. The van der Waals surface area contributed by atoms with Crippen LogP contribution in [0.5, 0.6) is 5.75 Å². The fourth-order valence-electron chi connectivity index (χ4n) is 1.05. The molecule has 1 aromatic carbocycles. The Kier molecular flexibility index (Phi) is 2.96. The molecule has 0 fully saturated rings. The average Bonchev–Trinajstić information content (AvgIpc) is 2.06. The highest BCUT2D eigenvalue weighted by molar-refractivity contribution is 5.38. The first-order valence-electron chi connectivity index (χ1n) is 3.84. The van der Waals surface area contributed by atoms with Gasteiger partial charge >= 0.3 is 0 Å². The summed E-state index contributed by atoms with van der Waals surface area (Å²) in [6.45, 7) is 2.12. The highest BCUT2D eigenvalue weighted by atomic mass is 16.5. The van der Waals surface area contributed by atoms with Crippen molar-refractivity contribution in [1.29, 1.82) is 0 Å². The molecule has 59 valence electrons. The van der Waals surface area contributed by atoms with Crippen LogP contribution in [0.25, 0.3) is 0 Å². The molecule has 1 radical (unpaired) electrons. The lowest BCUT2D eigenvalue weighted by Crippen LogP contribution is -1.88. The quantitative estimate of drug-likeness (QED) is 0.642. The second kappa shape index (κ2) is 4.02. The van der Waals surface area contributed by atoms with Crippen molar-refractivity contribution in [2.24, 2.45) is 0 Å². The molecular formula is C10H13O.